The summed E-state index contributed by atoms with van der Waals surface area (Å²) in [6.45, 7) is 3.70. The van der Waals surface area contributed by atoms with Crippen molar-refractivity contribution in [2.75, 3.05) is 6.61 Å². The van der Waals surface area contributed by atoms with E-state index >= 15 is 0 Å². The molecule has 0 saturated carbocycles. The number of benzene rings is 1. The lowest BCUT2D eigenvalue weighted by molar-refractivity contribution is -0.164. The summed E-state index contributed by atoms with van der Waals surface area (Å²) in [7, 11) is -4.25. The predicted octanol–water partition coefficient (Wildman–Crippen LogP) is 1.30. The van der Waals surface area contributed by atoms with Crippen molar-refractivity contribution in [3.05, 3.63) is 30.3 Å². The molecule has 0 bridgehead atoms. The maximum absolute atomic E-state index is 12.1. The Morgan fingerprint density at radius 3 is 2.20 bits per heavy atom. The summed E-state index contributed by atoms with van der Waals surface area (Å²) in [5.74, 6) is -1.79. The Bertz CT molecular complexity index is 593. The minimum absolute atomic E-state index is 0.0104. The molecule has 0 aliphatic rings. The molecule has 1 atom stereocenters. The van der Waals surface area contributed by atoms with Crippen LogP contribution >= 0.6 is 0 Å². The van der Waals surface area contributed by atoms with Gasteiger partial charge in [-0.3, -0.25) is 4.79 Å². The van der Waals surface area contributed by atoms with Crippen molar-refractivity contribution in [1.82, 2.24) is 0 Å². The predicted molar refractivity (Wildman–Crippen MR) is 70.4 cm³/mol. The molecule has 110 valence electrons. The van der Waals surface area contributed by atoms with Crippen LogP contribution in [0.15, 0.2) is 35.2 Å². The highest BCUT2D eigenvalue weighted by molar-refractivity contribution is 7.86. The molecule has 0 radical (unpaired) electrons. The molecule has 0 amide bonds. The zero-order valence-electron chi connectivity index (χ0n) is 11.5. The molecule has 1 aromatic carbocycles. The van der Waals surface area contributed by atoms with E-state index in [1.54, 1.807) is 13.0 Å². The van der Waals surface area contributed by atoms with Crippen molar-refractivity contribution in [1.29, 1.82) is 0 Å². The number of Topliss-reactive ketones (excluding diaryl/α,β-unsaturated/α-hetero) is 1. The van der Waals surface area contributed by atoms with Gasteiger partial charge in [0.2, 0.25) is 5.60 Å². The molecule has 1 aromatic rings. The van der Waals surface area contributed by atoms with Crippen LogP contribution in [0.5, 0.6) is 0 Å². The van der Waals surface area contributed by atoms with E-state index in [4.69, 9.17) is 8.92 Å². The van der Waals surface area contributed by atoms with Gasteiger partial charge in [-0.2, -0.15) is 8.42 Å². The summed E-state index contributed by atoms with van der Waals surface area (Å²) >= 11 is 0. The van der Waals surface area contributed by atoms with E-state index in [9.17, 15) is 18.0 Å². The lowest BCUT2D eigenvalue weighted by atomic mass is 10.0. The standard InChI is InChI=1S/C13H16O6S/c1-4-18-12(15)13(3,10(2)14)19-20(16,17)11-8-6-5-7-9-11/h5-9H,4H2,1-3H3/t13-/m0/s1. The van der Waals surface area contributed by atoms with Crippen molar-refractivity contribution in [3.63, 3.8) is 0 Å². The van der Waals surface area contributed by atoms with Gasteiger partial charge in [0.15, 0.2) is 5.78 Å². The molecule has 0 spiro atoms. The number of ketones is 1. The average molecular weight is 300 g/mol. The van der Waals surface area contributed by atoms with E-state index < -0.39 is 27.5 Å². The topological polar surface area (TPSA) is 86.7 Å². The number of carbonyl (C=O) groups is 2. The molecule has 20 heavy (non-hydrogen) atoms. The number of hydrogen-bond donors (Lipinski definition) is 0. The molecular weight excluding hydrogens is 284 g/mol. The number of esters is 1. The van der Waals surface area contributed by atoms with Crippen molar-refractivity contribution < 1.29 is 26.9 Å². The monoisotopic (exact) mass is 300 g/mol. The van der Waals surface area contributed by atoms with Crippen LogP contribution in [0.25, 0.3) is 0 Å². The lowest BCUT2D eigenvalue weighted by Crippen LogP contribution is -2.47. The molecule has 7 heteroatoms. The zero-order chi connectivity index (χ0) is 15.4. The highest BCUT2D eigenvalue weighted by Gasteiger charge is 2.45. The quantitative estimate of drug-likeness (QED) is 0.447. The fourth-order valence-corrected chi connectivity index (χ4v) is 2.57. The minimum atomic E-state index is -4.25. The number of rotatable bonds is 6. The molecule has 0 heterocycles. The maximum Gasteiger partial charge on any atom is 0.347 e. The van der Waals surface area contributed by atoms with Crippen LogP contribution in [0.2, 0.25) is 0 Å². The summed E-state index contributed by atoms with van der Waals surface area (Å²) in [6.07, 6.45) is 0. The Morgan fingerprint density at radius 2 is 1.75 bits per heavy atom. The summed E-state index contributed by atoms with van der Waals surface area (Å²) in [5, 5.41) is 0. The molecule has 0 saturated heterocycles. The van der Waals surface area contributed by atoms with Gasteiger partial charge in [0.05, 0.1) is 11.5 Å². The molecule has 6 nitrogen and oxygen atoms in total. The van der Waals surface area contributed by atoms with E-state index in [1.807, 2.05) is 0 Å². The zero-order valence-corrected chi connectivity index (χ0v) is 12.3. The van der Waals surface area contributed by atoms with Crippen molar-refractivity contribution in [3.8, 4) is 0 Å². The lowest BCUT2D eigenvalue weighted by Gasteiger charge is -2.23. The van der Waals surface area contributed by atoms with Crippen LogP contribution in [0, 0.1) is 0 Å². The molecule has 0 unspecified atom stereocenters. The summed E-state index contributed by atoms with van der Waals surface area (Å²) in [5.41, 5.74) is -2.19. The fraction of sp³-hybridized carbons (Fsp3) is 0.385. The minimum Gasteiger partial charge on any atom is -0.463 e. The first kappa shape index (κ1) is 16.3. The van der Waals surface area contributed by atoms with Gasteiger partial charge < -0.3 is 4.74 Å². The molecular formula is C13H16O6S. The molecule has 0 aliphatic heterocycles. The Hall–Kier alpha value is -1.73. The summed E-state index contributed by atoms with van der Waals surface area (Å²) in [6, 6.07) is 7.26. The molecule has 0 fully saturated rings. The van der Waals surface area contributed by atoms with Gasteiger partial charge in [-0.15, -0.1) is 0 Å². The second kappa shape index (κ2) is 6.15. The average Bonchev–Trinajstić information content (AvgIpc) is 2.39. The third kappa shape index (κ3) is 3.43. The highest BCUT2D eigenvalue weighted by Crippen LogP contribution is 2.22. The van der Waals surface area contributed by atoms with E-state index in [1.165, 1.54) is 24.3 Å². The maximum atomic E-state index is 12.1. The van der Waals surface area contributed by atoms with E-state index in [0.717, 1.165) is 13.8 Å². The van der Waals surface area contributed by atoms with E-state index in [-0.39, 0.29) is 11.5 Å². The van der Waals surface area contributed by atoms with Gasteiger partial charge in [0, 0.05) is 0 Å². The van der Waals surface area contributed by atoms with Crippen LogP contribution in [0.1, 0.15) is 20.8 Å². The third-order valence-electron chi connectivity index (χ3n) is 2.65. The Balaban J connectivity index is 3.15. The molecule has 0 N–H and O–H groups in total. The first-order valence-electron chi connectivity index (χ1n) is 5.93. The van der Waals surface area contributed by atoms with Gasteiger partial charge >= 0.3 is 5.97 Å². The highest BCUT2D eigenvalue weighted by atomic mass is 32.2. The first-order valence-corrected chi connectivity index (χ1v) is 7.34. The fourth-order valence-electron chi connectivity index (χ4n) is 1.36. The van der Waals surface area contributed by atoms with Crippen molar-refractivity contribution in [2.45, 2.75) is 31.3 Å². The van der Waals surface area contributed by atoms with Crippen molar-refractivity contribution in [2.24, 2.45) is 0 Å². The second-order valence-electron chi connectivity index (χ2n) is 4.16. The smallest absolute Gasteiger partial charge is 0.347 e. The SMILES string of the molecule is CCOC(=O)[C@@](C)(OS(=O)(=O)c1ccccc1)C(C)=O. The Morgan fingerprint density at radius 1 is 1.20 bits per heavy atom. The van der Waals surface area contributed by atoms with Crippen LogP contribution in [-0.4, -0.2) is 32.4 Å². The molecule has 0 aliphatic carbocycles. The first-order chi connectivity index (χ1) is 9.24. The van der Waals surface area contributed by atoms with Gasteiger partial charge in [-0.1, -0.05) is 18.2 Å². The van der Waals surface area contributed by atoms with Gasteiger partial charge in [-0.25, -0.2) is 8.98 Å². The van der Waals surface area contributed by atoms with Gasteiger partial charge in [0.25, 0.3) is 10.1 Å². The summed E-state index contributed by atoms with van der Waals surface area (Å²) < 4.78 is 33.7. The summed E-state index contributed by atoms with van der Waals surface area (Å²) in [4.78, 5) is 23.2. The van der Waals surface area contributed by atoms with Crippen LogP contribution in [0.3, 0.4) is 0 Å². The molecule has 0 aromatic heterocycles. The largest absolute Gasteiger partial charge is 0.463 e. The van der Waals surface area contributed by atoms with E-state index in [2.05, 4.69) is 0 Å². The van der Waals surface area contributed by atoms with Gasteiger partial charge in [0.1, 0.15) is 0 Å². The number of hydrogen-bond acceptors (Lipinski definition) is 6. The van der Waals surface area contributed by atoms with Gasteiger partial charge in [-0.05, 0) is 32.9 Å². The van der Waals surface area contributed by atoms with Crippen LogP contribution in [0.4, 0.5) is 0 Å². The van der Waals surface area contributed by atoms with E-state index in [0.29, 0.717) is 0 Å². The second-order valence-corrected chi connectivity index (χ2v) is 5.71. The van der Waals surface area contributed by atoms with Crippen LogP contribution in [-0.2, 0) is 28.6 Å². The normalized spacial score (nSPS) is 14.3. The Kier molecular flexibility index (Phi) is 5.02. The number of ether oxygens (including phenoxy) is 1. The third-order valence-corrected chi connectivity index (χ3v) is 4.05. The van der Waals surface area contributed by atoms with Crippen LogP contribution < -0.4 is 0 Å². The molecule has 1 rings (SSSR count). The van der Waals surface area contributed by atoms with Crippen molar-refractivity contribution >= 4 is 21.9 Å². The number of carbonyl (C=O) groups excluding carboxylic acids is 2. The Labute approximate surface area is 117 Å².